The number of rotatable bonds is 8. The Balaban J connectivity index is 1.77. The maximum Gasteiger partial charge on any atom is 0.0292 e. The molecule has 118 valence electrons. The number of hydrogen-bond donors (Lipinski definition) is 1. The summed E-state index contributed by atoms with van der Waals surface area (Å²) in [5.74, 6) is 1.21. The van der Waals surface area contributed by atoms with Gasteiger partial charge in [-0.15, -0.1) is 11.8 Å². The summed E-state index contributed by atoms with van der Waals surface area (Å²) in [6.45, 7) is 9.41. The van der Waals surface area contributed by atoms with E-state index in [2.05, 4.69) is 48.3 Å². The van der Waals surface area contributed by atoms with Crippen molar-refractivity contribution in [3.05, 3.63) is 29.8 Å². The summed E-state index contributed by atoms with van der Waals surface area (Å²) in [5.41, 5.74) is 1.41. The minimum atomic E-state index is 0.451. The third-order valence-corrected chi connectivity index (χ3v) is 5.16. The van der Waals surface area contributed by atoms with Gasteiger partial charge in [-0.05, 0) is 63.5 Å². The number of nitrogens with one attached hydrogen (secondary N) is 1. The van der Waals surface area contributed by atoms with E-state index in [-0.39, 0.29) is 0 Å². The molecule has 1 fully saturated rings. The summed E-state index contributed by atoms with van der Waals surface area (Å²) in [6, 6.07) is 9.49. The van der Waals surface area contributed by atoms with E-state index >= 15 is 0 Å². The first kappa shape index (κ1) is 16.9. The Morgan fingerprint density at radius 3 is 2.81 bits per heavy atom. The second kappa shape index (κ2) is 9.50. The van der Waals surface area contributed by atoms with Gasteiger partial charge in [-0.25, -0.2) is 0 Å². The van der Waals surface area contributed by atoms with Gasteiger partial charge in [0, 0.05) is 23.2 Å². The van der Waals surface area contributed by atoms with E-state index in [0.717, 1.165) is 6.54 Å². The molecule has 0 amide bonds. The standard InChI is InChI=1S/C18H30N2S/c1-3-10-19-16(2)17-8-7-9-18(15-17)21-14-13-20-11-5-4-6-12-20/h7-9,15-16,19H,3-6,10-14H2,1-2H3. The van der Waals surface area contributed by atoms with Gasteiger partial charge in [0.2, 0.25) is 0 Å². The predicted octanol–water partition coefficient (Wildman–Crippen LogP) is 4.33. The minimum Gasteiger partial charge on any atom is -0.310 e. The Labute approximate surface area is 134 Å². The van der Waals surface area contributed by atoms with E-state index in [0.29, 0.717) is 6.04 Å². The van der Waals surface area contributed by atoms with Crippen LogP contribution in [0.3, 0.4) is 0 Å². The van der Waals surface area contributed by atoms with E-state index < -0.39 is 0 Å². The third kappa shape index (κ3) is 6.01. The molecule has 1 unspecified atom stereocenters. The fourth-order valence-corrected chi connectivity index (χ4v) is 3.81. The van der Waals surface area contributed by atoms with Crippen molar-refractivity contribution in [1.29, 1.82) is 0 Å². The molecule has 1 aliphatic heterocycles. The average molecular weight is 307 g/mol. The lowest BCUT2D eigenvalue weighted by Crippen LogP contribution is -2.31. The molecule has 0 saturated carbocycles. The molecular formula is C18H30N2S. The highest BCUT2D eigenvalue weighted by atomic mass is 32.2. The summed E-state index contributed by atoms with van der Waals surface area (Å²) in [5, 5.41) is 3.57. The molecule has 1 aliphatic rings. The molecule has 1 aromatic rings. The molecule has 1 N–H and O–H groups in total. The van der Waals surface area contributed by atoms with Crippen molar-refractivity contribution in [1.82, 2.24) is 10.2 Å². The van der Waals surface area contributed by atoms with E-state index in [1.165, 1.54) is 61.5 Å². The first-order valence-electron chi connectivity index (χ1n) is 8.48. The van der Waals surface area contributed by atoms with Crippen LogP contribution in [0.2, 0.25) is 0 Å². The summed E-state index contributed by atoms with van der Waals surface area (Å²) in [6.07, 6.45) is 5.39. The molecule has 3 heteroatoms. The zero-order chi connectivity index (χ0) is 14.9. The molecule has 0 radical (unpaired) electrons. The number of thioether (sulfide) groups is 1. The van der Waals surface area contributed by atoms with Gasteiger partial charge >= 0.3 is 0 Å². The number of piperidine rings is 1. The molecule has 0 aromatic heterocycles. The Bertz CT molecular complexity index is 402. The van der Waals surface area contributed by atoms with Crippen molar-refractivity contribution in [2.75, 3.05) is 31.9 Å². The van der Waals surface area contributed by atoms with Gasteiger partial charge in [0.1, 0.15) is 0 Å². The fourth-order valence-electron chi connectivity index (χ4n) is 2.83. The quantitative estimate of drug-likeness (QED) is 0.720. The maximum atomic E-state index is 3.57. The van der Waals surface area contributed by atoms with Crippen molar-refractivity contribution in [3.8, 4) is 0 Å². The lowest BCUT2D eigenvalue weighted by molar-refractivity contribution is 0.242. The monoisotopic (exact) mass is 306 g/mol. The average Bonchev–Trinajstić information content (AvgIpc) is 2.54. The Morgan fingerprint density at radius 2 is 2.05 bits per heavy atom. The zero-order valence-corrected chi connectivity index (χ0v) is 14.4. The van der Waals surface area contributed by atoms with Gasteiger partial charge in [0.25, 0.3) is 0 Å². The van der Waals surface area contributed by atoms with Gasteiger partial charge in [-0.2, -0.15) is 0 Å². The van der Waals surface area contributed by atoms with Crippen molar-refractivity contribution in [2.45, 2.75) is 50.5 Å². The highest BCUT2D eigenvalue weighted by Crippen LogP contribution is 2.23. The van der Waals surface area contributed by atoms with Crippen LogP contribution in [0.25, 0.3) is 0 Å². The molecule has 21 heavy (non-hydrogen) atoms. The van der Waals surface area contributed by atoms with Crippen molar-refractivity contribution in [2.24, 2.45) is 0 Å². The zero-order valence-electron chi connectivity index (χ0n) is 13.6. The highest BCUT2D eigenvalue weighted by Gasteiger charge is 2.10. The first-order valence-corrected chi connectivity index (χ1v) is 9.46. The van der Waals surface area contributed by atoms with E-state index in [9.17, 15) is 0 Å². The molecule has 1 saturated heterocycles. The second-order valence-corrected chi connectivity index (χ2v) is 7.17. The molecule has 1 heterocycles. The molecule has 0 spiro atoms. The SMILES string of the molecule is CCCNC(C)c1cccc(SCCN2CCCCC2)c1. The first-order chi connectivity index (χ1) is 10.3. The van der Waals surface area contributed by atoms with Crippen molar-refractivity contribution >= 4 is 11.8 Å². The summed E-state index contributed by atoms with van der Waals surface area (Å²) in [4.78, 5) is 4.03. The fraction of sp³-hybridized carbons (Fsp3) is 0.667. The van der Waals surface area contributed by atoms with Crippen LogP contribution < -0.4 is 5.32 Å². The Hall–Kier alpha value is -0.510. The van der Waals surface area contributed by atoms with Crippen LogP contribution in [0.15, 0.2) is 29.2 Å². The van der Waals surface area contributed by atoms with Crippen LogP contribution in [-0.2, 0) is 0 Å². The lowest BCUT2D eigenvalue weighted by Gasteiger charge is -2.26. The molecule has 2 nitrogen and oxygen atoms in total. The number of nitrogens with zero attached hydrogens (tertiary/aromatic N) is 1. The van der Waals surface area contributed by atoms with Crippen LogP contribution >= 0.6 is 11.8 Å². The van der Waals surface area contributed by atoms with Crippen molar-refractivity contribution in [3.63, 3.8) is 0 Å². The van der Waals surface area contributed by atoms with Crippen LogP contribution in [0.5, 0.6) is 0 Å². The lowest BCUT2D eigenvalue weighted by atomic mass is 10.1. The molecule has 1 atom stereocenters. The summed E-state index contributed by atoms with van der Waals surface area (Å²) in [7, 11) is 0. The predicted molar refractivity (Wildman–Crippen MR) is 94.2 cm³/mol. The Morgan fingerprint density at radius 1 is 1.24 bits per heavy atom. The Kier molecular flexibility index (Phi) is 7.62. The van der Waals surface area contributed by atoms with Crippen LogP contribution in [-0.4, -0.2) is 36.8 Å². The van der Waals surface area contributed by atoms with Gasteiger partial charge in [-0.3, -0.25) is 0 Å². The van der Waals surface area contributed by atoms with E-state index in [4.69, 9.17) is 0 Å². The molecule has 0 aliphatic carbocycles. The molecular weight excluding hydrogens is 276 g/mol. The number of benzene rings is 1. The van der Waals surface area contributed by atoms with Crippen LogP contribution in [0.4, 0.5) is 0 Å². The molecule has 1 aromatic carbocycles. The minimum absolute atomic E-state index is 0.451. The van der Waals surface area contributed by atoms with Crippen molar-refractivity contribution < 1.29 is 0 Å². The van der Waals surface area contributed by atoms with Gasteiger partial charge in [-0.1, -0.05) is 25.5 Å². The summed E-state index contributed by atoms with van der Waals surface area (Å²) < 4.78 is 0. The van der Waals surface area contributed by atoms with E-state index in [1.54, 1.807) is 0 Å². The van der Waals surface area contributed by atoms with Crippen LogP contribution in [0.1, 0.15) is 51.1 Å². The van der Waals surface area contributed by atoms with Crippen LogP contribution in [0, 0.1) is 0 Å². The highest BCUT2D eigenvalue weighted by molar-refractivity contribution is 7.99. The topological polar surface area (TPSA) is 15.3 Å². The number of hydrogen-bond acceptors (Lipinski definition) is 3. The second-order valence-electron chi connectivity index (χ2n) is 6.00. The summed E-state index contributed by atoms with van der Waals surface area (Å²) >= 11 is 2.00. The molecule has 2 rings (SSSR count). The number of likely N-dealkylation sites (tertiary alicyclic amines) is 1. The maximum absolute atomic E-state index is 3.57. The van der Waals surface area contributed by atoms with Gasteiger partial charge in [0.15, 0.2) is 0 Å². The largest absolute Gasteiger partial charge is 0.310 e. The molecule has 0 bridgehead atoms. The smallest absolute Gasteiger partial charge is 0.0292 e. The van der Waals surface area contributed by atoms with E-state index in [1.807, 2.05) is 11.8 Å². The van der Waals surface area contributed by atoms with Gasteiger partial charge in [0.05, 0.1) is 0 Å². The third-order valence-electron chi connectivity index (χ3n) is 4.18. The normalized spacial score (nSPS) is 17.8. The van der Waals surface area contributed by atoms with Gasteiger partial charge < -0.3 is 10.2 Å².